The number of nitrogens with one attached hydrogen (secondary N) is 1. The van der Waals surface area contributed by atoms with E-state index in [1.54, 1.807) is 23.3 Å². The van der Waals surface area contributed by atoms with Gasteiger partial charge in [0.25, 0.3) is 5.91 Å². The highest BCUT2D eigenvalue weighted by Crippen LogP contribution is 2.22. The van der Waals surface area contributed by atoms with Crippen molar-refractivity contribution in [3.05, 3.63) is 41.2 Å². The second-order valence-electron chi connectivity index (χ2n) is 4.66. The van der Waals surface area contributed by atoms with Gasteiger partial charge in [0.1, 0.15) is 10.0 Å². The summed E-state index contributed by atoms with van der Waals surface area (Å²) in [6, 6.07) is 3.89. The molecule has 0 aromatic carbocycles. The molecule has 0 aliphatic carbocycles. The maximum Gasteiger partial charge on any atom is 0.271 e. The van der Waals surface area contributed by atoms with Crippen molar-refractivity contribution in [2.24, 2.45) is 0 Å². The maximum absolute atomic E-state index is 12.3. The molecule has 2 heterocycles. The van der Waals surface area contributed by atoms with E-state index in [1.807, 2.05) is 24.6 Å². The third kappa shape index (κ3) is 4.54. The molecule has 2 aromatic rings. The lowest BCUT2D eigenvalue weighted by Crippen LogP contribution is -2.28. The van der Waals surface area contributed by atoms with Crippen molar-refractivity contribution in [1.29, 1.82) is 0 Å². The molecule has 1 N–H and O–H groups in total. The van der Waals surface area contributed by atoms with E-state index >= 15 is 0 Å². The van der Waals surface area contributed by atoms with Gasteiger partial charge in [0.15, 0.2) is 0 Å². The fourth-order valence-electron chi connectivity index (χ4n) is 2.00. The normalized spacial score (nSPS) is 12.1. The molecule has 1 amide bonds. The van der Waals surface area contributed by atoms with Gasteiger partial charge in [0, 0.05) is 17.8 Å². The minimum Gasteiger partial charge on any atom is -0.344 e. The van der Waals surface area contributed by atoms with Crippen LogP contribution < -0.4 is 5.32 Å². The monoisotopic (exact) mass is 321 g/mol. The van der Waals surface area contributed by atoms with E-state index in [1.165, 1.54) is 11.3 Å². The van der Waals surface area contributed by atoms with Crippen LogP contribution in [0.5, 0.6) is 0 Å². The summed E-state index contributed by atoms with van der Waals surface area (Å²) in [6.07, 6.45) is 8.59. The van der Waals surface area contributed by atoms with Crippen LogP contribution in [0.25, 0.3) is 0 Å². The van der Waals surface area contributed by atoms with Crippen LogP contribution in [-0.2, 0) is 0 Å². The minimum atomic E-state index is -0.114. The number of nitrogens with zero attached hydrogens (tertiary/aromatic N) is 2. The first-order valence-electron chi connectivity index (χ1n) is 6.95. The summed E-state index contributed by atoms with van der Waals surface area (Å²) >= 11 is 3.05. The standard InChI is InChI=1S/C15H19N3OS2/c1-3-4-7-12(11-6-5-8-16-9-11)17-14(19)13-10-21-15(18-13)20-2/h5-6,8-10,12H,3-4,7H2,1-2H3,(H,17,19)/t12-/m1/s1. The highest BCUT2D eigenvalue weighted by atomic mass is 32.2. The van der Waals surface area contributed by atoms with Gasteiger partial charge >= 0.3 is 0 Å². The van der Waals surface area contributed by atoms with E-state index < -0.39 is 0 Å². The first-order chi connectivity index (χ1) is 10.2. The molecule has 0 fully saturated rings. The number of thiazole rings is 1. The number of amides is 1. The lowest BCUT2D eigenvalue weighted by atomic mass is 10.0. The second kappa shape index (κ2) is 8.14. The summed E-state index contributed by atoms with van der Waals surface area (Å²) in [4.78, 5) is 20.8. The Kier molecular flexibility index (Phi) is 6.20. The zero-order valence-electron chi connectivity index (χ0n) is 12.2. The summed E-state index contributed by atoms with van der Waals surface area (Å²) < 4.78 is 0.909. The predicted molar refractivity (Wildman–Crippen MR) is 87.9 cm³/mol. The first kappa shape index (κ1) is 16.0. The number of aromatic nitrogens is 2. The smallest absolute Gasteiger partial charge is 0.271 e. The Labute approximate surface area is 133 Å². The molecule has 21 heavy (non-hydrogen) atoms. The predicted octanol–water partition coefficient (Wildman–Crippen LogP) is 3.92. The number of unbranched alkanes of at least 4 members (excludes halogenated alkanes) is 1. The van der Waals surface area contributed by atoms with E-state index in [2.05, 4.69) is 22.2 Å². The number of rotatable bonds is 7. The number of hydrogen-bond acceptors (Lipinski definition) is 5. The van der Waals surface area contributed by atoms with Gasteiger partial charge in [-0.1, -0.05) is 37.6 Å². The fraction of sp³-hybridized carbons (Fsp3) is 0.400. The molecule has 2 rings (SSSR count). The Morgan fingerprint density at radius 3 is 3.00 bits per heavy atom. The van der Waals surface area contributed by atoms with Crippen LogP contribution in [0.4, 0.5) is 0 Å². The zero-order valence-corrected chi connectivity index (χ0v) is 13.8. The minimum absolute atomic E-state index is 0.00872. The number of carbonyl (C=O) groups is 1. The molecule has 0 aliphatic rings. The molecule has 2 aromatic heterocycles. The van der Waals surface area contributed by atoms with Crippen molar-refractivity contribution in [3.8, 4) is 0 Å². The molecule has 0 radical (unpaired) electrons. The van der Waals surface area contributed by atoms with E-state index in [9.17, 15) is 4.79 Å². The lowest BCUT2D eigenvalue weighted by molar-refractivity contribution is 0.0929. The molecule has 0 saturated heterocycles. The van der Waals surface area contributed by atoms with Crippen molar-refractivity contribution in [3.63, 3.8) is 0 Å². The van der Waals surface area contributed by atoms with E-state index in [0.717, 1.165) is 29.2 Å². The van der Waals surface area contributed by atoms with Crippen molar-refractivity contribution in [2.45, 2.75) is 36.6 Å². The molecular weight excluding hydrogens is 302 g/mol. The third-order valence-electron chi connectivity index (χ3n) is 3.13. The molecule has 4 nitrogen and oxygen atoms in total. The number of pyridine rings is 1. The summed E-state index contributed by atoms with van der Waals surface area (Å²) in [6.45, 7) is 2.15. The van der Waals surface area contributed by atoms with Gasteiger partial charge in [-0.15, -0.1) is 11.3 Å². The van der Waals surface area contributed by atoms with Gasteiger partial charge in [0.2, 0.25) is 0 Å². The Hall–Kier alpha value is -1.40. The van der Waals surface area contributed by atoms with Crippen LogP contribution in [0.15, 0.2) is 34.2 Å². The van der Waals surface area contributed by atoms with Gasteiger partial charge in [-0.05, 0) is 24.3 Å². The van der Waals surface area contributed by atoms with E-state index in [-0.39, 0.29) is 11.9 Å². The van der Waals surface area contributed by atoms with E-state index in [4.69, 9.17) is 0 Å². The molecule has 0 spiro atoms. The van der Waals surface area contributed by atoms with Crippen LogP contribution in [0.2, 0.25) is 0 Å². The van der Waals surface area contributed by atoms with Crippen LogP contribution in [-0.4, -0.2) is 22.1 Å². The maximum atomic E-state index is 12.3. The number of thioether (sulfide) groups is 1. The van der Waals surface area contributed by atoms with Gasteiger partial charge in [-0.3, -0.25) is 9.78 Å². The summed E-state index contributed by atoms with van der Waals surface area (Å²) in [5.41, 5.74) is 1.54. The zero-order chi connectivity index (χ0) is 15.1. The SMILES string of the molecule is CCCC[C@@H](NC(=O)c1csc(SC)n1)c1cccnc1. The first-order valence-corrected chi connectivity index (χ1v) is 9.05. The highest BCUT2D eigenvalue weighted by molar-refractivity contribution is 8.00. The second-order valence-corrected chi connectivity index (χ2v) is 6.57. The van der Waals surface area contributed by atoms with Gasteiger partial charge < -0.3 is 5.32 Å². The number of carbonyl (C=O) groups excluding carboxylic acids is 1. The van der Waals surface area contributed by atoms with Crippen LogP contribution >= 0.6 is 23.1 Å². The van der Waals surface area contributed by atoms with Crippen molar-refractivity contribution >= 4 is 29.0 Å². The molecule has 0 aliphatic heterocycles. The molecular formula is C15H19N3OS2. The molecule has 6 heteroatoms. The Morgan fingerprint density at radius 1 is 1.52 bits per heavy atom. The molecule has 0 saturated carbocycles. The van der Waals surface area contributed by atoms with Gasteiger partial charge in [-0.2, -0.15) is 0 Å². The fourth-order valence-corrected chi connectivity index (χ4v) is 3.24. The van der Waals surface area contributed by atoms with Gasteiger partial charge in [-0.25, -0.2) is 4.98 Å². The molecule has 1 atom stereocenters. The Morgan fingerprint density at radius 2 is 2.38 bits per heavy atom. The molecule has 0 unspecified atom stereocenters. The van der Waals surface area contributed by atoms with Crippen LogP contribution in [0.1, 0.15) is 48.3 Å². The van der Waals surface area contributed by atoms with Crippen LogP contribution in [0, 0.1) is 0 Å². The number of hydrogen-bond donors (Lipinski definition) is 1. The van der Waals surface area contributed by atoms with Crippen molar-refractivity contribution in [2.75, 3.05) is 6.26 Å². The van der Waals surface area contributed by atoms with Crippen molar-refractivity contribution in [1.82, 2.24) is 15.3 Å². The summed E-state index contributed by atoms with van der Waals surface area (Å²) in [7, 11) is 0. The quantitative estimate of drug-likeness (QED) is 0.785. The largest absolute Gasteiger partial charge is 0.344 e. The Bertz CT molecular complexity index is 571. The topological polar surface area (TPSA) is 54.9 Å². The summed E-state index contributed by atoms with van der Waals surface area (Å²) in [5.74, 6) is -0.114. The molecule has 112 valence electrons. The Balaban J connectivity index is 2.09. The highest BCUT2D eigenvalue weighted by Gasteiger charge is 2.17. The van der Waals surface area contributed by atoms with E-state index in [0.29, 0.717) is 5.69 Å². The average Bonchev–Trinajstić information content (AvgIpc) is 3.01. The third-order valence-corrected chi connectivity index (χ3v) is 4.99. The molecule has 0 bridgehead atoms. The average molecular weight is 321 g/mol. The lowest BCUT2D eigenvalue weighted by Gasteiger charge is -2.18. The van der Waals surface area contributed by atoms with Crippen LogP contribution in [0.3, 0.4) is 0 Å². The van der Waals surface area contributed by atoms with Gasteiger partial charge in [0.05, 0.1) is 6.04 Å². The van der Waals surface area contributed by atoms with Crippen molar-refractivity contribution < 1.29 is 4.79 Å². The summed E-state index contributed by atoms with van der Waals surface area (Å²) in [5, 5.41) is 4.88.